The fraction of sp³-hybridized carbons (Fsp3) is 0.133. The number of rotatable bonds is 4. The molecule has 124 valence electrons. The molecule has 0 saturated carbocycles. The van der Waals surface area contributed by atoms with E-state index < -0.39 is 4.92 Å². The molecule has 6 nitrogen and oxygen atoms in total. The summed E-state index contributed by atoms with van der Waals surface area (Å²) >= 11 is 18.3. The third kappa shape index (κ3) is 2.88. The van der Waals surface area contributed by atoms with Gasteiger partial charge in [-0.15, -0.1) is 0 Å². The summed E-state index contributed by atoms with van der Waals surface area (Å²) in [5, 5.41) is 11.7. The second-order valence-electron chi connectivity index (χ2n) is 4.96. The molecule has 0 radical (unpaired) electrons. The van der Waals surface area contributed by atoms with Crippen LogP contribution in [0, 0.1) is 17.0 Å². The predicted octanol–water partition coefficient (Wildman–Crippen LogP) is 5.09. The fourth-order valence-corrected chi connectivity index (χ4v) is 2.98. The van der Waals surface area contributed by atoms with Crippen molar-refractivity contribution in [2.24, 2.45) is 0 Å². The first-order valence-electron chi connectivity index (χ1n) is 6.77. The Balaban J connectivity index is 1.96. The van der Waals surface area contributed by atoms with Crippen molar-refractivity contribution >= 4 is 46.1 Å². The predicted molar refractivity (Wildman–Crippen MR) is 92.4 cm³/mol. The fourth-order valence-electron chi connectivity index (χ4n) is 2.25. The highest BCUT2D eigenvalue weighted by Crippen LogP contribution is 2.34. The van der Waals surface area contributed by atoms with Gasteiger partial charge in [0.1, 0.15) is 16.8 Å². The van der Waals surface area contributed by atoms with Crippen molar-refractivity contribution < 1.29 is 9.66 Å². The average Bonchev–Trinajstić information content (AvgIpc) is 2.83. The van der Waals surface area contributed by atoms with Crippen molar-refractivity contribution in [3.8, 4) is 5.75 Å². The number of nitro benzene ring substituents is 1. The molecular formula is C15H10Cl3N3O3. The zero-order valence-electron chi connectivity index (χ0n) is 12.3. The van der Waals surface area contributed by atoms with E-state index in [0.717, 1.165) is 0 Å². The van der Waals surface area contributed by atoms with Crippen LogP contribution in [0.15, 0.2) is 30.5 Å². The molecule has 3 aromatic rings. The van der Waals surface area contributed by atoms with Gasteiger partial charge in [-0.2, -0.15) is 0 Å². The minimum atomic E-state index is -0.569. The highest BCUT2D eigenvalue weighted by molar-refractivity contribution is 6.37. The lowest BCUT2D eigenvalue weighted by molar-refractivity contribution is -0.384. The Kier molecular flexibility index (Phi) is 4.54. The van der Waals surface area contributed by atoms with Crippen LogP contribution in [0.1, 0.15) is 11.3 Å². The van der Waals surface area contributed by atoms with Gasteiger partial charge in [0, 0.05) is 22.8 Å². The molecule has 0 bridgehead atoms. The summed E-state index contributed by atoms with van der Waals surface area (Å²) in [6.07, 6.45) is 1.76. The molecule has 0 unspecified atom stereocenters. The van der Waals surface area contributed by atoms with E-state index in [1.54, 1.807) is 29.7 Å². The number of hydrogen-bond acceptors (Lipinski definition) is 4. The standard InChI is InChI=1S/C15H10Cl3N3O3/c1-8-14(18)20-6-2-3-12(15(20)19-8)24-7-9-10(16)4-5-11(13(9)17)21(22)23/h2-6H,7H2,1H3. The van der Waals surface area contributed by atoms with Crippen LogP contribution in [0.5, 0.6) is 5.75 Å². The number of aromatic nitrogens is 2. The van der Waals surface area contributed by atoms with Crippen LogP contribution in [0.2, 0.25) is 15.2 Å². The number of hydrogen-bond donors (Lipinski definition) is 0. The molecule has 0 aliphatic carbocycles. The minimum Gasteiger partial charge on any atom is -0.485 e. The molecule has 9 heteroatoms. The molecule has 0 atom stereocenters. The van der Waals surface area contributed by atoms with E-state index in [1.807, 2.05) is 0 Å². The molecule has 0 amide bonds. The molecule has 0 spiro atoms. The molecule has 0 aliphatic heterocycles. The molecule has 0 N–H and O–H groups in total. The van der Waals surface area contributed by atoms with Crippen LogP contribution in [0.25, 0.3) is 5.65 Å². The van der Waals surface area contributed by atoms with Crippen LogP contribution in [-0.4, -0.2) is 14.3 Å². The highest BCUT2D eigenvalue weighted by Gasteiger charge is 2.19. The van der Waals surface area contributed by atoms with Gasteiger partial charge in [0.25, 0.3) is 5.69 Å². The van der Waals surface area contributed by atoms with Crippen LogP contribution >= 0.6 is 34.8 Å². The third-order valence-electron chi connectivity index (χ3n) is 3.45. The third-order valence-corrected chi connectivity index (χ3v) is 4.68. The maximum atomic E-state index is 11.0. The number of ether oxygens (including phenoxy) is 1. The first kappa shape index (κ1) is 16.8. The number of nitro groups is 1. The first-order chi connectivity index (χ1) is 11.4. The molecule has 24 heavy (non-hydrogen) atoms. The Bertz CT molecular complexity index is 956. The van der Waals surface area contributed by atoms with Gasteiger partial charge < -0.3 is 4.74 Å². The van der Waals surface area contributed by atoms with Gasteiger partial charge in [0.2, 0.25) is 0 Å². The van der Waals surface area contributed by atoms with E-state index in [1.165, 1.54) is 12.1 Å². The quantitative estimate of drug-likeness (QED) is 0.462. The van der Waals surface area contributed by atoms with Crippen molar-refractivity contribution in [1.82, 2.24) is 9.38 Å². The van der Waals surface area contributed by atoms with Gasteiger partial charge in [0.05, 0.1) is 10.6 Å². The topological polar surface area (TPSA) is 69.7 Å². The molecule has 3 rings (SSSR count). The Morgan fingerprint density at radius 2 is 2.04 bits per heavy atom. The number of fused-ring (bicyclic) bond motifs is 1. The van der Waals surface area contributed by atoms with E-state index in [9.17, 15) is 10.1 Å². The van der Waals surface area contributed by atoms with Gasteiger partial charge in [-0.3, -0.25) is 14.5 Å². The monoisotopic (exact) mass is 385 g/mol. The van der Waals surface area contributed by atoms with Crippen molar-refractivity contribution in [3.63, 3.8) is 0 Å². The Labute approximate surface area is 151 Å². The zero-order chi connectivity index (χ0) is 17.4. The lowest BCUT2D eigenvalue weighted by Crippen LogP contribution is -2.01. The van der Waals surface area contributed by atoms with Crippen LogP contribution < -0.4 is 4.74 Å². The number of imidazole rings is 1. The SMILES string of the molecule is Cc1nc2c(OCc3c(Cl)ccc([N+](=O)[O-])c3Cl)cccn2c1Cl. The molecule has 0 saturated heterocycles. The number of pyridine rings is 1. The van der Waals surface area contributed by atoms with E-state index in [-0.39, 0.29) is 22.3 Å². The molecule has 2 aromatic heterocycles. The highest BCUT2D eigenvalue weighted by atomic mass is 35.5. The van der Waals surface area contributed by atoms with E-state index >= 15 is 0 Å². The van der Waals surface area contributed by atoms with Crippen molar-refractivity contribution in [1.29, 1.82) is 0 Å². The van der Waals surface area contributed by atoms with Crippen LogP contribution in [0.4, 0.5) is 5.69 Å². The van der Waals surface area contributed by atoms with E-state index in [4.69, 9.17) is 39.5 Å². The van der Waals surface area contributed by atoms with Gasteiger partial charge in [0.15, 0.2) is 11.4 Å². The lowest BCUT2D eigenvalue weighted by atomic mass is 10.2. The lowest BCUT2D eigenvalue weighted by Gasteiger charge is -2.10. The van der Waals surface area contributed by atoms with E-state index in [0.29, 0.717) is 27.8 Å². The smallest absolute Gasteiger partial charge is 0.288 e. The zero-order valence-corrected chi connectivity index (χ0v) is 14.6. The average molecular weight is 387 g/mol. The van der Waals surface area contributed by atoms with Gasteiger partial charge >= 0.3 is 0 Å². The van der Waals surface area contributed by atoms with Gasteiger partial charge in [-0.1, -0.05) is 34.8 Å². The van der Waals surface area contributed by atoms with Crippen LogP contribution in [0.3, 0.4) is 0 Å². The normalized spacial score (nSPS) is 11.0. The van der Waals surface area contributed by atoms with Crippen LogP contribution in [-0.2, 0) is 6.61 Å². The number of aryl methyl sites for hydroxylation is 1. The molecule has 1 aromatic carbocycles. The maximum Gasteiger partial charge on any atom is 0.288 e. The Morgan fingerprint density at radius 3 is 2.75 bits per heavy atom. The Hall–Kier alpha value is -2.02. The maximum absolute atomic E-state index is 11.0. The molecule has 0 fully saturated rings. The summed E-state index contributed by atoms with van der Waals surface area (Å²) < 4.78 is 7.42. The number of halogens is 3. The summed E-state index contributed by atoms with van der Waals surface area (Å²) in [5.41, 5.74) is 1.32. The Morgan fingerprint density at radius 1 is 1.29 bits per heavy atom. The van der Waals surface area contributed by atoms with Gasteiger partial charge in [-0.25, -0.2) is 4.98 Å². The van der Waals surface area contributed by atoms with Crippen molar-refractivity contribution in [2.45, 2.75) is 13.5 Å². The summed E-state index contributed by atoms with van der Waals surface area (Å²) in [6.45, 7) is 1.75. The molecular weight excluding hydrogens is 377 g/mol. The second-order valence-corrected chi connectivity index (χ2v) is 6.10. The second kappa shape index (κ2) is 6.47. The number of benzene rings is 1. The largest absolute Gasteiger partial charge is 0.485 e. The molecule has 0 aliphatic rings. The van der Waals surface area contributed by atoms with Crippen molar-refractivity contribution in [2.75, 3.05) is 0 Å². The summed E-state index contributed by atoms with van der Waals surface area (Å²) in [5.74, 6) is 0.464. The number of nitrogens with zero attached hydrogens (tertiary/aromatic N) is 3. The van der Waals surface area contributed by atoms with E-state index in [2.05, 4.69) is 4.98 Å². The minimum absolute atomic E-state index is 0.0391. The summed E-state index contributed by atoms with van der Waals surface area (Å²) in [6, 6.07) is 6.15. The summed E-state index contributed by atoms with van der Waals surface area (Å²) in [7, 11) is 0. The van der Waals surface area contributed by atoms with Crippen molar-refractivity contribution in [3.05, 3.63) is 67.0 Å². The first-order valence-corrected chi connectivity index (χ1v) is 7.90. The molecule has 2 heterocycles. The summed E-state index contributed by atoms with van der Waals surface area (Å²) in [4.78, 5) is 14.8. The van der Waals surface area contributed by atoms with Gasteiger partial charge in [-0.05, 0) is 25.1 Å².